The third kappa shape index (κ3) is 1.58. The number of rotatable bonds is 3. The third-order valence-electron chi connectivity index (χ3n) is 4.16. The van der Waals surface area contributed by atoms with Gasteiger partial charge in [-0.15, -0.1) is 0 Å². The van der Waals surface area contributed by atoms with Crippen LogP contribution < -0.4 is 0 Å². The molecule has 3 atom stereocenters. The Kier molecular flexibility index (Phi) is 2.38. The molecule has 1 fully saturated rings. The highest BCUT2D eigenvalue weighted by Crippen LogP contribution is 2.60. The zero-order valence-electron chi connectivity index (χ0n) is 9.46. The average molecular weight is 188 g/mol. The molecule has 0 bridgehead atoms. The van der Waals surface area contributed by atoms with E-state index in [0.717, 1.165) is 11.8 Å². The van der Waals surface area contributed by atoms with Gasteiger partial charge in [-0.1, -0.05) is 57.5 Å². The molecule has 0 unspecified atom stereocenters. The minimum Gasteiger partial charge on any atom is -0.0649 e. The first kappa shape index (κ1) is 9.76. The summed E-state index contributed by atoms with van der Waals surface area (Å²) in [7, 11) is 0. The highest BCUT2D eigenvalue weighted by molar-refractivity contribution is 5.23. The van der Waals surface area contributed by atoms with Gasteiger partial charge in [0.1, 0.15) is 0 Å². The Morgan fingerprint density at radius 1 is 1.36 bits per heavy atom. The molecule has 1 saturated carbocycles. The van der Waals surface area contributed by atoms with E-state index in [9.17, 15) is 0 Å². The lowest BCUT2D eigenvalue weighted by atomic mass is 9.90. The van der Waals surface area contributed by atoms with Crippen molar-refractivity contribution < 1.29 is 0 Å². The molecular weight excluding hydrogens is 168 g/mol. The smallest absolute Gasteiger partial charge is 0.0157 e. The molecule has 1 aliphatic rings. The minimum absolute atomic E-state index is 0.634. The van der Waals surface area contributed by atoms with Crippen LogP contribution in [0.4, 0.5) is 0 Å². The Morgan fingerprint density at radius 2 is 2.00 bits per heavy atom. The van der Waals surface area contributed by atoms with Crippen molar-refractivity contribution >= 4 is 0 Å². The lowest BCUT2D eigenvalue weighted by molar-refractivity contribution is 0.449. The standard InChI is InChI=1S/C14H20/c1-4-14(3)10-13(14)11(2)12-8-6-5-7-9-12/h5-9,11,13H,4,10H2,1-3H3/t11-,13+,14-/m0/s1. The Balaban J connectivity index is 2.08. The van der Waals surface area contributed by atoms with Gasteiger partial charge in [-0.25, -0.2) is 0 Å². The summed E-state index contributed by atoms with van der Waals surface area (Å²) in [5.74, 6) is 1.65. The van der Waals surface area contributed by atoms with Crippen LogP contribution in [0.25, 0.3) is 0 Å². The predicted octanol–water partition coefficient (Wildman–Crippen LogP) is 4.23. The van der Waals surface area contributed by atoms with Gasteiger partial charge >= 0.3 is 0 Å². The van der Waals surface area contributed by atoms with Crippen LogP contribution in [-0.2, 0) is 0 Å². The maximum atomic E-state index is 2.43. The zero-order valence-corrected chi connectivity index (χ0v) is 9.46. The minimum atomic E-state index is 0.634. The van der Waals surface area contributed by atoms with Gasteiger partial charge in [0.2, 0.25) is 0 Å². The summed E-state index contributed by atoms with van der Waals surface area (Å²) in [4.78, 5) is 0. The molecule has 0 amide bonds. The van der Waals surface area contributed by atoms with Gasteiger partial charge in [0.15, 0.2) is 0 Å². The van der Waals surface area contributed by atoms with Crippen molar-refractivity contribution in [1.82, 2.24) is 0 Å². The first-order valence-electron chi connectivity index (χ1n) is 5.72. The second-order valence-electron chi connectivity index (χ2n) is 5.02. The molecule has 76 valence electrons. The van der Waals surface area contributed by atoms with Crippen LogP contribution in [0.1, 0.15) is 45.1 Å². The summed E-state index contributed by atoms with van der Waals surface area (Å²) >= 11 is 0. The Morgan fingerprint density at radius 3 is 2.50 bits per heavy atom. The van der Waals surface area contributed by atoms with Gasteiger partial charge in [0, 0.05) is 0 Å². The second-order valence-corrected chi connectivity index (χ2v) is 5.02. The van der Waals surface area contributed by atoms with Crippen LogP contribution >= 0.6 is 0 Å². The van der Waals surface area contributed by atoms with Crippen molar-refractivity contribution in [1.29, 1.82) is 0 Å². The van der Waals surface area contributed by atoms with Gasteiger partial charge in [-0.2, -0.15) is 0 Å². The molecule has 1 aliphatic carbocycles. The van der Waals surface area contributed by atoms with Crippen LogP contribution in [0.15, 0.2) is 30.3 Å². The van der Waals surface area contributed by atoms with Crippen LogP contribution in [-0.4, -0.2) is 0 Å². The van der Waals surface area contributed by atoms with Crippen molar-refractivity contribution in [2.24, 2.45) is 11.3 Å². The molecule has 0 aliphatic heterocycles. The van der Waals surface area contributed by atoms with Crippen LogP contribution in [0, 0.1) is 11.3 Å². The van der Waals surface area contributed by atoms with Crippen molar-refractivity contribution in [3.05, 3.63) is 35.9 Å². The summed E-state index contributed by atoms with van der Waals surface area (Å²) in [5.41, 5.74) is 2.14. The molecular formula is C14H20. The van der Waals surface area contributed by atoms with Gasteiger partial charge in [0.25, 0.3) is 0 Å². The fourth-order valence-electron chi connectivity index (χ4n) is 2.62. The van der Waals surface area contributed by atoms with E-state index < -0.39 is 0 Å². The zero-order chi connectivity index (χ0) is 10.2. The summed E-state index contributed by atoms with van der Waals surface area (Å²) in [5, 5.41) is 0. The van der Waals surface area contributed by atoms with E-state index in [0.29, 0.717) is 5.41 Å². The summed E-state index contributed by atoms with van der Waals surface area (Å²) in [6.45, 7) is 7.12. The van der Waals surface area contributed by atoms with Crippen LogP contribution in [0.5, 0.6) is 0 Å². The molecule has 0 heterocycles. The van der Waals surface area contributed by atoms with Crippen molar-refractivity contribution in [3.63, 3.8) is 0 Å². The fraction of sp³-hybridized carbons (Fsp3) is 0.571. The van der Waals surface area contributed by atoms with E-state index in [-0.39, 0.29) is 0 Å². The van der Waals surface area contributed by atoms with Crippen molar-refractivity contribution in [3.8, 4) is 0 Å². The van der Waals surface area contributed by atoms with Gasteiger partial charge in [-0.05, 0) is 29.2 Å². The molecule has 0 radical (unpaired) electrons. The summed E-state index contributed by atoms with van der Waals surface area (Å²) < 4.78 is 0. The summed E-state index contributed by atoms with van der Waals surface area (Å²) in [6, 6.07) is 10.9. The van der Waals surface area contributed by atoms with Gasteiger partial charge < -0.3 is 0 Å². The monoisotopic (exact) mass is 188 g/mol. The van der Waals surface area contributed by atoms with Gasteiger partial charge in [-0.3, -0.25) is 0 Å². The maximum absolute atomic E-state index is 2.43. The average Bonchev–Trinajstić information content (AvgIpc) is 2.92. The molecule has 0 heteroatoms. The highest BCUT2D eigenvalue weighted by atomic mass is 14.5. The first-order valence-corrected chi connectivity index (χ1v) is 5.72. The normalized spacial score (nSPS) is 32.6. The molecule has 0 N–H and O–H groups in total. The third-order valence-corrected chi connectivity index (χ3v) is 4.16. The molecule has 14 heavy (non-hydrogen) atoms. The Hall–Kier alpha value is -0.780. The maximum Gasteiger partial charge on any atom is -0.0157 e. The highest BCUT2D eigenvalue weighted by Gasteiger charge is 2.50. The first-order chi connectivity index (χ1) is 6.67. The largest absolute Gasteiger partial charge is 0.0649 e. The molecule has 1 aromatic rings. The molecule has 1 aromatic carbocycles. The number of benzene rings is 1. The van der Waals surface area contributed by atoms with Gasteiger partial charge in [0.05, 0.1) is 0 Å². The van der Waals surface area contributed by atoms with Crippen molar-refractivity contribution in [2.75, 3.05) is 0 Å². The lowest BCUT2D eigenvalue weighted by Gasteiger charge is -2.15. The Labute approximate surface area is 87.3 Å². The molecule has 0 spiro atoms. The lowest BCUT2D eigenvalue weighted by Crippen LogP contribution is -2.03. The quantitative estimate of drug-likeness (QED) is 0.666. The molecule has 0 saturated heterocycles. The van der Waals surface area contributed by atoms with Crippen LogP contribution in [0.3, 0.4) is 0 Å². The van der Waals surface area contributed by atoms with Crippen molar-refractivity contribution in [2.45, 2.75) is 39.5 Å². The van der Waals surface area contributed by atoms with E-state index in [4.69, 9.17) is 0 Å². The van der Waals surface area contributed by atoms with E-state index in [1.54, 1.807) is 0 Å². The molecule has 0 nitrogen and oxygen atoms in total. The van der Waals surface area contributed by atoms with E-state index in [1.165, 1.54) is 18.4 Å². The summed E-state index contributed by atoms with van der Waals surface area (Å²) in [6.07, 6.45) is 2.74. The fourth-order valence-corrected chi connectivity index (χ4v) is 2.62. The second kappa shape index (κ2) is 3.42. The predicted molar refractivity (Wildman–Crippen MR) is 61.4 cm³/mol. The molecule has 2 rings (SSSR count). The van der Waals surface area contributed by atoms with E-state index in [2.05, 4.69) is 51.1 Å². The number of hydrogen-bond acceptors (Lipinski definition) is 0. The van der Waals surface area contributed by atoms with Crippen LogP contribution in [0.2, 0.25) is 0 Å². The number of hydrogen-bond donors (Lipinski definition) is 0. The SMILES string of the molecule is CC[C@@]1(C)C[C@@H]1[C@@H](C)c1ccccc1. The van der Waals surface area contributed by atoms with E-state index >= 15 is 0 Å². The topological polar surface area (TPSA) is 0 Å². The van der Waals surface area contributed by atoms with E-state index in [1.807, 2.05) is 0 Å². The molecule has 0 aromatic heterocycles. The Bertz CT molecular complexity index is 301.